The van der Waals surface area contributed by atoms with Crippen LogP contribution in [0, 0.1) is 6.92 Å². The number of hydrogen-bond donors (Lipinski definition) is 1. The van der Waals surface area contributed by atoms with Crippen LogP contribution in [0.3, 0.4) is 0 Å². The number of aryl methyl sites for hydroxylation is 1. The van der Waals surface area contributed by atoms with Crippen molar-refractivity contribution in [1.29, 1.82) is 0 Å². The molecule has 4 heteroatoms. The Bertz CT molecular complexity index is 535. The normalized spacial score (nSPS) is 12.8. The summed E-state index contributed by atoms with van der Waals surface area (Å²) in [5.41, 5.74) is 2.36. The van der Waals surface area contributed by atoms with Crippen LogP contribution in [0.2, 0.25) is 0 Å². The van der Waals surface area contributed by atoms with Crippen molar-refractivity contribution in [3.8, 4) is 0 Å². The zero-order chi connectivity index (χ0) is 11.8. The van der Waals surface area contributed by atoms with Gasteiger partial charge in [0.1, 0.15) is 0 Å². The predicted molar refractivity (Wildman–Crippen MR) is 58.1 cm³/mol. The molecule has 0 spiro atoms. The van der Waals surface area contributed by atoms with Gasteiger partial charge in [0, 0.05) is 22.7 Å². The van der Waals surface area contributed by atoms with Crippen LogP contribution < -0.4 is 0 Å². The van der Waals surface area contributed by atoms with E-state index in [1.165, 1.54) is 0 Å². The molecule has 0 fully saturated rings. The van der Waals surface area contributed by atoms with Crippen molar-refractivity contribution in [1.82, 2.24) is 4.98 Å². The predicted octanol–water partition coefficient (Wildman–Crippen LogP) is 4.05. The van der Waals surface area contributed by atoms with E-state index in [1.807, 2.05) is 25.1 Å². The summed E-state index contributed by atoms with van der Waals surface area (Å²) in [5, 5.41) is 0.918. The average Bonchev–Trinajstić information content (AvgIpc) is 2.58. The summed E-state index contributed by atoms with van der Waals surface area (Å²) in [6.07, 6.45) is -3.00. The van der Waals surface area contributed by atoms with Gasteiger partial charge in [-0.25, -0.2) is 0 Å². The van der Waals surface area contributed by atoms with Crippen molar-refractivity contribution < 1.29 is 13.2 Å². The molecular weight excluding hydrogens is 215 g/mol. The number of aromatic amines is 1. The third-order valence-electron chi connectivity index (χ3n) is 2.34. The summed E-state index contributed by atoms with van der Waals surface area (Å²) < 4.78 is 35.9. The maximum absolute atomic E-state index is 12.0. The molecule has 0 saturated heterocycles. The van der Waals surface area contributed by atoms with Crippen molar-refractivity contribution in [2.45, 2.75) is 13.1 Å². The first-order chi connectivity index (χ1) is 7.46. The second-order valence-electron chi connectivity index (χ2n) is 3.64. The first-order valence-electron chi connectivity index (χ1n) is 4.80. The molecule has 0 aliphatic carbocycles. The van der Waals surface area contributed by atoms with Crippen LogP contribution in [0.5, 0.6) is 0 Å². The first kappa shape index (κ1) is 10.8. The van der Waals surface area contributed by atoms with Crippen molar-refractivity contribution in [3.05, 3.63) is 41.6 Å². The quantitative estimate of drug-likeness (QED) is 0.753. The van der Waals surface area contributed by atoms with Crippen molar-refractivity contribution in [2.24, 2.45) is 0 Å². The van der Waals surface area contributed by atoms with Crippen molar-refractivity contribution in [2.75, 3.05) is 0 Å². The summed E-state index contributed by atoms with van der Waals surface area (Å²) >= 11 is 0. The minimum atomic E-state index is -4.27. The minimum absolute atomic E-state index is 0.229. The van der Waals surface area contributed by atoms with Gasteiger partial charge in [0.15, 0.2) is 0 Å². The van der Waals surface area contributed by atoms with Gasteiger partial charge in [0.05, 0.1) is 0 Å². The molecule has 0 bridgehead atoms. The number of rotatable bonds is 1. The second kappa shape index (κ2) is 3.70. The van der Waals surface area contributed by atoms with Gasteiger partial charge >= 0.3 is 6.18 Å². The molecule has 0 unspecified atom stereocenters. The van der Waals surface area contributed by atoms with Crippen molar-refractivity contribution >= 4 is 17.0 Å². The van der Waals surface area contributed by atoms with Gasteiger partial charge in [-0.2, -0.15) is 13.2 Å². The van der Waals surface area contributed by atoms with E-state index in [9.17, 15) is 13.2 Å². The summed E-state index contributed by atoms with van der Waals surface area (Å²) in [5.74, 6) is 0. The highest BCUT2D eigenvalue weighted by molar-refractivity contribution is 5.85. The minimum Gasteiger partial charge on any atom is -0.355 e. The average molecular weight is 225 g/mol. The number of hydrogen-bond acceptors (Lipinski definition) is 0. The van der Waals surface area contributed by atoms with E-state index in [1.54, 1.807) is 6.07 Å². The third-order valence-corrected chi connectivity index (χ3v) is 2.34. The van der Waals surface area contributed by atoms with Gasteiger partial charge in [0.2, 0.25) is 0 Å². The van der Waals surface area contributed by atoms with Crippen LogP contribution in [0.15, 0.2) is 30.3 Å². The fourth-order valence-electron chi connectivity index (χ4n) is 1.60. The molecule has 0 amide bonds. The lowest BCUT2D eigenvalue weighted by molar-refractivity contribution is -0.0790. The number of allylic oxidation sites excluding steroid dienone is 1. The smallest absolute Gasteiger partial charge is 0.355 e. The number of fused-ring (bicyclic) bond motifs is 1. The monoisotopic (exact) mass is 225 g/mol. The van der Waals surface area contributed by atoms with Crippen LogP contribution >= 0.6 is 0 Å². The standard InChI is InChI=1S/C12H10F3N/c1-8-3-2-4-9-7-10(16-11(8)9)5-6-12(13,14)15/h2-7,16H,1H3/b6-5+. The summed E-state index contributed by atoms with van der Waals surface area (Å²) in [6.45, 7) is 1.91. The molecule has 16 heavy (non-hydrogen) atoms. The van der Waals surface area contributed by atoms with Gasteiger partial charge in [-0.15, -0.1) is 0 Å². The van der Waals surface area contributed by atoms with E-state index in [2.05, 4.69) is 4.98 Å². The highest BCUT2D eigenvalue weighted by Gasteiger charge is 2.21. The summed E-state index contributed by atoms with van der Waals surface area (Å²) in [6, 6.07) is 7.35. The molecule has 0 saturated carbocycles. The molecule has 1 aromatic carbocycles. The third kappa shape index (κ3) is 2.27. The Morgan fingerprint density at radius 3 is 2.62 bits per heavy atom. The molecular formula is C12H10F3N. The van der Waals surface area contributed by atoms with Crippen molar-refractivity contribution in [3.63, 3.8) is 0 Å². The molecule has 84 valence electrons. The van der Waals surface area contributed by atoms with Gasteiger partial charge < -0.3 is 4.98 Å². The molecule has 1 nitrogen and oxygen atoms in total. The van der Waals surface area contributed by atoms with Crippen LogP contribution in [-0.2, 0) is 0 Å². The molecule has 2 rings (SSSR count). The van der Waals surface area contributed by atoms with Crippen LogP contribution in [0.25, 0.3) is 17.0 Å². The van der Waals surface area contributed by atoms with Crippen LogP contribution in [0.1, 0.15) is 11.3 Å². The zero-order valence-corrected chi connectivity index (χ0v) is 8.60. The highest BCUT2D eigenvalue weighted by atomic mass is 19.4. The van der Waals surface area contributed by atoms with Gasteiger partial charge in [-0.3, -0.25) is 0 Å². The Balaban J connectivity index is 2.41. The number of H-pyrrole nitrogens is 1. The van der Waals surface area contributed by atoms with E-state index in [0.717, 1.165) is 22.5 Å². The Morgan fingerprint density at radius 2 is 2.00 bits per heavy atom. The molecule has 0 aliphatic rings. The number of para-hydroxylation sites is 1. The molecule has 1 N–H and O–H groups in total. The lowest BCUT2D eigenvalue weighted by atomic mass is 10.2. The Morgan fingerprint density at radius 1 is 1.25 bits per heavy atom. The largest absolute Gasteiger partial charge is 0.409 e. The lowest BCUT2D eigenvalue weighted by Gasteiger charge is -1.96. The summed E-state index contributed by atoms with van der Waals surface area (Å²) in [7, 11) is 0. The maximum atomic E-state index is 12.0. The Labute approximate surface area is 90.6 Å². The van der Waals surface area contributed by atoms with E-state index in [-0.39, 0.29) is 6.08 Å². The number of nitrogens with one attached hydrogen (secondary N) is 1. The number of benzene rings is 1. The molecule has 2 aromatic rings. The Kier molecular flexibility index (Phi) is 2.50. The van der Waals surface area contributed by atoms with Crippen LogP contribution in [0.4, 0.5) is 13.2 Å². The molecule has 0 atom stereocenters. The number of aromatic nitrogens is 1. The topological polar surface area (TPSA) is 15.8 Å². The van der Waals surface area contributed by atoms with E-state index < -0.39 is 6.18 Å². The second-order valence-corrected chi connectivity index (χ2v) is 3.64. The molecule has 0 aliphatic heterocycles. The fraction of sp³-hybridized carbons (Fsp3) is 0.167. The molecule has 1 heterocycles. The SMILES string of the molecule is Cc1cccc2cc(/C=C/C(F)(F)F)[nH]c12. The zero-order valence-electron chi connectivity index (χ0n) is 8.60. The van der Waals surface area contributed by atoms with Gasteiger partial charge in [0.25, 0.3) is 0 Å². The maximum Gasteiger partial charge on any atom is 0.409 e. The van der Waals surface area contributed by atoms with E-state index >= 15 is 0 Å². The Hall–Kier alpha value is -1.71. The van der Waals surface area contributed by atoms with Gasteiger partial charge in [-0.1, -0.05) is 18.2 Å². The summed E-state index contributed by atoms with van der Waals surface area (Å²) in [4.78, 5) is 2.95. The van der Waals surface area contributed by atoms with Gasteiger partial charge in [-0.05, 0) is 24.6 Å². The highest BCUT2D eigenvalue weighted by Crippen LogP contribution is 2.22. The van der Waals surface area contributed by atoms with Crippen LogP contribution in [-0.4, -0.2) is 11.2 Å². The number of halogens is 3. The van der Waals surface area contributed by atoms with E-state index in [0.29, 0.717) is 5.69 Å². The molecule has 0 radical (unpaired) electrons. The fourth-order valence-corrected chi connectivity index (χ4v) is 1.60. The molecule has 1 aromatic heterocycles. The number of alkyl halides is 3. The lowest BCUT2D eigenvalue weighted by Crippen LogP contribution is -2.00. The van der Waals surface area contributed by atoms with E-state index in [4.69, 9.17) is 0 Å². The first-order valence-corrected chi connectivity index (χ1v) is 4.80.